The molecule has 0 bridgehead atoms. The number of aliphatic hydroxyl groups excluding tert-OH is 2. The lowest BCUT2D eigenvalue weighted by atomic mass is 9.55. The molecule has 0 saturated heterocycles. The molecule has 332 valence electrons. The number of oxime groups is 1. The van der Waals surface area contributed by atoms with Gasteiger partial charge in [-0.1, -0.05) is 42.3 Å². The van der Waals surface area contributed by atoms with Crippen LogP contribution in [0.15, 0.2) is 90.1 Å². The Kier molecular flexibility index (Phi) is 14.2. The molecule has 0 aromatic heterocycles. The summed E-state index contributed by atoms with van der Waals surface area (Å²) >= 11 is 0. The molecule has 2 fully saturated rings. The SMILES string of the molecule is C=CCOC12Oc3ccc(Oc4ccc(OC)c(C=O)c4)cc3C3C(CCCCO)C(CCCCO)C=C(C(=NOC(C)(C)C)CC1N(Cc1ccc(F)cc1)C(=O)C1CC1)C32. The van der Waals surface area contributed by atoms with Crippen molar-refractivity contribution in [3.63, 3.8) is 0 Å². The predicted molar refractivity (Wildman–Crippen MR) is 234 cm³/mol. The smallest absolute Gasteiger partial charge is 0.239 e. The van der Waals surface area contributed by atoms with Crippen LogP contribution in [0.4, 0.5) is 4.39 Å². The third-order valence-corrected chi connectivity index (χ3v) is 12.5. The monoisotopic (exact) mass is 852 g/mol. The van der Waals surface area contributed by atoms with Gasteiger partial charge in [0, 0.05) is 43.6 Å². The number of rotatable bonds is 20. The molecule has 6 atom stereocenters. The summed E-state index contributed by atoms with van der Waals surface area (Å²) in [6, 6.07) is 16.4. The first kappa shape index (κ1) is 45.0. The highest BCUT2D eigenvalue weighted by atomic mass is 19.1. The molecule has 2 N–H and O–H groups in total. The molecule has 11 nitrogen and oxygen atoms in total. The van der Waals surface area contributed by atoms with Crippen LogP contribution < -0.4 is 14.2 Å². The molecule has 3 aromatic rings. The first-order chi connectivity index (χ1) is 29.9. The lowest BCUT2D eigenvalue weighted by molar-refractivity contribution is -0.258. The second kappa shape index (κ2) is 19.6. The maximum Gasteiger partial charge on any atom is 0.239 e. The molecular formula is C50H61FN2O9. The van der Waals surface area contributed by atoms with E-state index in [1.54, 1.807) is 36.4 Å². The van der Waals surface area contributed by atoms with Crippen LogP contribution in [0, 0.1) is 29.5 Å². The Bertz CT molecular complexity index is 2130. The topological polar surface area (TPSA) is 136 Å². The number of benzene rings is 3. The minimum atomic E-state index is -1.44. The van der Waals surface area contributed by atoms with Gasteiger partial charge in [-0.05, 0) is 131 Å². The van der Waals surface area contributed by atoms with Gasteiger partial charge in [0.15, 0.2) is 6.29 Å². The molecule has 62 heavy (non-hydrogen) atoms. The van der Waals surface area contributed by atoms with Crippen LogP contribution in [-0.4, -0.2) is 77.4 Å². The zero-order chi connectivity index (χ0) is 44.0. The quantitative estimate of drug-likeness (QED) is 0.0493. The third kappa shape index (κ3) is 9.77. The third-order valence-electron chi connectivity index (χ3n) is 12.5. The molecule has 3 aromatic carbocycles. The van der Waals surface area contributed by atoms with E-state index in [2.05, 4.69) is 12.7 Å². The molecule has 7 rings (SSSR count). The Morgan fingerprint density at radius 2 is 1.71 bits per heavy atom. The first-order valence-corrected chi connectivity index (χ1v) is 22.1. The summed E-state index contributed by atoms with van der Waals surface area (Å²) < 4.78 is 40.6. The van der Waals surface area contributed by atoms with E-state index in [0.717, 1.165) is 61.5 Å². The standard InChI is InChI=1S/C50H61FN2O9/c1-6-25-59-50-45(53(48(57)33-15-16-33)30-32-13-17-36(51)18-14-32)29-42(52-62-49(2,3)4)40-27-34(11-7-9-23-54)39(12-8-10-24-55)46(47(40)50)41-28-38(20-22-44(41)61-50)60-37-19-21-43(58-5)35(26-37)31-56/h6,13-14,17-22,26-28,31,33-34,39,45-47,54-55H,1,7-12,15-16,23-25,29-30H2,2-5H3. The maximum absolute atomic E-state index is 14.8. The van der Waals surface area contributed by atoms with Crippen molar-refractivity contribution in [1.82, 2.24) is 4.90 Å². The van der Waals surface area contributed by atoms with Crippen molar-refractivity contribution in [1.29, 1.82) is 0 Å². The number of allylic oxidation sites excluding steroid dienone is 1. The van der Waals surface area contributed by atoms with Gasteiger partial charge in [0.2, 0.25) is 11.7 Å². The Hall–Kier alpha value is -5.04. The fourth-order valence-corrected chi connectivity index (χ4v) is 9.60. The van der Waals surface area contributed by atoms with E-state index in [0.29, 0.717) is 47.1 Å². The van der Waals surface area contributed by atoms with Crippen LogP contribution in [0.25, 0.3) is 0 Å². The maximum atomic E-state index is 14.8. The van der Waals surface area contributed by atoms with E-state index in [-0.39, 0.29) is 68.2 Å². The fraction of sp³-hybridized carbons (Fsp3) is 0.500. The van der Waals surface area contributed by atoms with Crippen molar-refractivity contribution in [2.45, 2.75) is 108 Å². The van der Waals surface area contributed by atoms with Crippen LogP contribution in [0.3, 0.4) is 0 Å². The summed E-state index contributed by atoms with van der Waals surface area (Å²) in [5.41, 5.74) is 3.03. The van der Waals surface area contributed by atoms with Crippen molar-refractivity contribution < 1.29 is 48.0 Å². The molecule has 6 unspecified atom stereocenters. The number of fused-ring (bicyclic) bond motifs is 2. The van der Waals surface area contributed by atoms with Gasteiger partial charge >= 0.3 is 0 Å². The highest BCUT2D eigenvalue weighted by molar-refractivity contribution is 6.03. The minimum Gasteiger partial charge on any atom is -0.496 e. The van der Waals surface area contributed by atoms with Gasteiger partial charge in [0.1, 0.15) is 40.5 Å². The molecule has 0 radical (unpaired) electrons. The van der Waals surface area contributed by atoms with Gasteiger partial charge in [-0.2, -0.15) is 0 Å². The number of nitrogens with zero attached hydrogens (tertiary/aromatic N) is 2. The Balaban J connectivity index is 1.46. The van der Waals surface area contributed by atoms with E-state index < -0.39 is 23.3 Å². The highest BCUT2D eigenvalue weighted by Crippen LogP contribution is 2.62. The number of hydrogen-bond donors (Lipinski definition) is 2. The normalized spacial score (nSPS) is 24.5. The van der Waals surface area contributed by atoms with Crippen LogP contribution in [-0.2, 0) is 20.9 Å². The number of methoxy groups -OCH3 is 1. The lowest BCUT2D eigenvalue weighted by Gasteiger charge is -2.60. The number of ether oxygens (including phenoxy) is 4. The van der Waals surface area contributed by atoms with Crippen molar-refractivity contribution in [3.8, 4) is 23.0 Å². The summed E-state index contributed by atoms with van der Waals surface area (Å²) in [6.07, 6.45) is 11.0. The number of unbranched alkanes of at least 4 members (excludes halogenated alkanes) is 2. The number of aldehydes is 1. The molecule has 12 heteroatoms. The second-order valence-electron chi connectivity index (χ2n) is 18.0. The van der Waals surface area contributed by atoms with Gasteiger partial charge in [-0.15, -0.1) is 6.58 Å². The number of aliphatic hydroxyl groups is 2. The highest BCUT2D eigenvalue weighted by Gasteiger charge is 2.66. The van der Waals surface area contributed by atoms with Crippen molar-refractivity contribution in [2.24, 2.45) is 28.8 Å². The molecule has 1 heterocycles. The van der Waals surface area contributed by atoms with E-state index in [1.807, 2.05) is 43.9 Å². The van der Waals surface area contributed by atoms with Crippen LogP contribution in [0.2, 0.25) is 0 Å². The number of halogens is 1. The molecule has 1 aliphatic heterocycles. The zero-order valence-electron chi connectivity index (χ0n) is 36.4. The second-order valence-corrected chi connectivity index (χ2v) is 18.0. The predicted octanol–water partition coefficient (Wildman–Crippen LogP) is 9.31. The van der Waals surface area contributed by atoms with Gasteiger partial charge in [0.25, 0.3) is 0 Å². The van der Waals surface area contributed by atoms with Crippen LogP contribution in [0.5, 0.6) is 23.0 Å². The van der Waals surface area contributed by atoms with E-state index in [1.165, 1.54) is 19.2 Å². The van der Waals surface area contributed by atoms with Gasteiger partial charge in [-0.3, -0.25) is 9.59 Å². The molecule has 2 saturated carbocycles. The molecular weight excluding hydrogens is 792 g/mol. The molecule has 0 spiro atoms. The summed E-state index contributed by atoms with van der Waals surface area (Å²) in [5, 5.41) is 24.8. The van der Waals surface area contributed by atoms with Gasteiger partial charge in [-0.25, -0.2) is 4.39 Å². The van der Waals surface area contributed by atoms with E-state index in [9.17, 15) is 24.2 Å². The zero-order valence-corrected chi connectivity index (χ0v) is 36.4. The Morgan fingerprint density at radius 1 is 1.00 bits per heavy atom. The average Bonchev–Trinajstić information content (AvgIpc) is 4.12. The van der Waals surface area contributed by atoms with E-state index >= 15 is 0 Å². The molecule has 1 amide bonds. The minimum absolute atomic E-state index is 0.00877. The van der Waals surface area contributed by atoms with Crippen molar-refractivity contribution in [3.05, 3.63) is 107 Å². The largest absolute Gasteiger partial charge is 0.496 e. The summed E-state index contributed by atoms with van der Waals surface area (Å²) in [5.74, 6) is -0.684. The number of carbonyl (C=O) groups is 2. The Morgan fingerprint density at radius 3 is 2.37 bits per heavy atom. The summed E-state index contributed by atoms with van der Waals surface area (Å²) in [7, 11) is 1.51. The Labute approximate surface area is 364 Å². The summed E-state index contributed by atoms with van der Waals surface area (Å²) in [4.78, 5) is 34.8. The van der Waals surface area contributed by atoms with Crippen molar-refractivity contribution in [2.75, 3.05) is 26.9 Å². The number of amides is 1. The molecule has 3 aliphatic carbocycles. The van der Waals surface area contributed by atoms with Crippen molar-refractivity contribution >= 4 is 17.9 Å². The van der Waals surface area contributed by atoms with Gasteiger partial charge < -0.3 is 38.9 Å². The molecule has 4 aliphatic rings. The average molecular weight is 853 g/mol. The first-order valence-electron chi connectivity index (χ1n) is 22.1. The van der Waals surface area contributed by atoms with Crippen LogP contribution in [0.1, 0.15) is 106 Å². The lowest BCUT2D eigenvalue weighted by Crippen LogP contribution is -2.70. The van der Waals surface area contributed by atoms with Gasteiger partial charge in [0.05, 0.1) is 30.9 Å². The number of hydrogen-bond acceptors (Lipinski definition) is 10. The van der Waals surface area contributed by atoms with E-state index in [4.69, 9.17) is 28.9 Å². The van der Waals surface area contributed by atoms with Crippen LogP contribution >= 0.6 is 0 Å². The fourth-order valence-electron chi connectivity index (χ4n) is 9.60. The number of carbonyl (C=O) groups excluding carboxylic acids is 2. The summed E-state index contributed by atoms with van der Waals surface area (Å²) in [6.45, 7) is 10.3.